The van der Waals surface area contributed by atoms with Crippen LogP contribution < -0.4 is 4.90 Å². The molecule has 3 heterocycles. The summed E-state index contributed by atoms with van der Waals surface area (Å²) < 4.78 is 0. The summed E-state index contributed by atoms with van der Waals surface area (Å²) in [4.78, 5) is 27.9. The van der Waals surface area contributed by atoms with Crippen LogP contribution in [0.3, 0.4) is 0 Å². The van der Waals surface area contributed by atoms with Gasteiger partial charge in [0.05, 0.1) is 5.39 Å². The van der Waals surface area contributed by atoms with Crippen molar-refractivity contribution in [2.75, 3.05) is 31.1 Å². The fourth-order valence-electron chi connectivity index (χ4n) is 4.49. The minimum atomic E-state index is -0.379. The molecule has 7 nitrogen and oxygen atoms in total. The molecule has 2 unspecified atom stereocenters. The Balaban J connectivity index is 1.53. The fourth-order valence-corrected chi connectivity index (χ4v) is 4.49. The lowest BCUT2D eigenvalue weighted by Crippen LogP contribution is -2.37. The highest BCUT2D eigenvalue weighted by Gasteiger charge is 2.44. The van der Waals surface area contributed by atoms with Crippen LogP contribution in [0.1, 0.15) is 19.8 Å². The molecule has 1 saturated carbocycles. The molecule has 2 fully saturated rings. The molecule has 128 valence electrons. The summed E-state index contributed by atoms with van der Waals surface area (Å²) in [7, 11) is 0. The summed E-state index contributed by atoms with van der Waals surface area (Å²) in [5.74, 6) is 1.92. The molecule has 1 saturated heterocycles. The molecule has 1 aliphatic heterocycles. The molecule has 2 atom stereocenters. The Hall–Kier alpha value is -2.15. The maximum absolute atomic E-state index is 11.7. The van der Waals surface area contributed by atoms with Gasteiger partial charge in [-0.25, -0.2) is 9.97 Å². The molecule has 2 N–H and O–H groups in total. The number of nitrogens with one attached hydrogen (secondary N) is 1. The molecule has 4 rings (SSSR count). The normalized spacial score (nSPS) is 26.1. The average Bonchev–Trinajstić information content (AvgIpc) is 3.29. The Labute approximate surface area is 140 Å². The van der Waals surface area contributed by atoms with Gasteiger partial charge in [-0.2, -0.15) is 0 Å². The molecule has 0 radical (unpaired) electrons. The van der Waals surface area contributed by atoms with E-state index in [1.165, 1.54) is 0 Å². The zero-order valence-corrected chi connectivity index (χ0v) is 13.9. The third-order valence-corrected chi connectivity index (χ3v) is 5.60. The summed E-state index contributed by atoms with van der Waals surface area (Å²) in [5, 5.41) is 10.1. The monoisotopic (exact) mass is 329 g/mol. The topological polar surface area (TPSA) is 85.4 Å². The van der Waals surface area contributed by atoms with Gasteiger partial charge in [-0.05, 0) is 37.7 Å². The van der Waals surface area contributed by atoms with Crippen LogP contribution in [0.25, 0.3) is 11.0 Å². The number of hydrogen-bond donors (Lipinski definition) is 2. The summed E-state index contributed by atoms with van der Waals surface area (Å²) in [6.07, 6.45) is 5.67. The maximum atomic E-state index is 11.7. The predicted molar refractivity (Wildman–Crippen MR) is 90.6 cm³/mol. The second-order valence-corrected chi connectivity index (χ2v) is 6.83. The molecule has 1 amide bonds. The van der Waals surface area contributed by atoms with Gasteiger partial charge in [0.25, 0.3) is 0 Å². The summed E-state index contributed by atoms with van der Waals surface area (Å²) in [5.41, 5.74) is 0.872. The van der Waals surface area contributed by atoms with Crippen LogP contribution in [0.15, 0.2) is 18.6 Å². The van der Waals surface area contributed by atoms with E-state index >= 15 is 0 Å². The van der Waals surface area contributed by atoms with Crippen molar-refractivity contribution >= 4 is 22.8 Å². The van der Waals surface area contributed by atoms with Crippen molar-refractivity contribution in [2.45, 2.75) is 25.8 Å². The molecule has 0 spiro atoms. The van der Waals surface area contributed by atoms with Gasteiger partial charge in [0.1, 0.15) is 24.4 Å². The van der Waals surface area contributed by atoms with Gasteiger partial charge in [-0.15, -0.1) is 0 Å². The van der Waals surface area contributed by atoms with Gasteiger partial charge in [0.2, 0.25) is 5.91 Å². The van der Waals surface area contributed by atoms with E-state index in [1.807, 2.05) is 17.2 Å². The van der Waals surface area contributed by atoms with Gasteiger partial charge < -0.3 is 19.9 Å². The van der Waals surface area contributed by atoms with Crippen LogP contribution in [0.5, 0.6) is 0 Å². The van der Waals surface area contributed by atoms with Crippen molar-refractivity contribution in [2.24, 2.45) is 11.8 Å². The first-order valence-corrected chi connectivity index (χ1v) is 8.64. The Morgan fingerprint density at radius 3 is 2.79 bits per heavy atom. The van der Waals surface area contributed by atoms with E-state index in [0.29, 0.717) is 17.9 Å². The van der Waals surface area contributed by atoms with Gasteiger partial charge in [-0.3, -0.25) is 4.79 Å². The van der Waals surface area contributed by atoms with Crippen molar-refractivity contribution in [3.05, 3.63) is 18.6 Å². The van der Waals surface area contributed by atoms with Crippen molar-refractivity contribution in [1.29, 1.82) is 0 Å². The number of carbonyl (C=O) groups is 1. The summed E-state index contributed by atoms with van der Waals surface area (Å²) in [6, 6.07) is 2.48. The Morgan fingerprint density at radius 2 is 2.12 bits per heavy atom. The summed E-state index contributed by atoms with van der Waals surface area (Å²) >= 11 is 0. The number of aromatic amines is 1. The Kier molecular flexibility index (Phi) is 3.88. The quantitative estimate of drug-likeness (QED) is 0.874. The largest absolute Gasteiger partial charge is 0.387 e. The zero-order chi connectivity index (χ0) is 16.7. The lowest BCUT2D eigenvalue weighted by molar-refractivity contribution is -0.133. The lowest BCUT2D eigenvalue weighted by atomic mass is 10.0. The van der Waals surface area contributed by atoms with E-state index in [1.54, 1.807) is 6.33 Å². The number of anilines is 1. The first-order valence-electron chi connectivity index (χ1n) is 8.64. The minimum absolute atomic E-state index is 0.141. The zero-order valence-electron chi connectivity index (χ0n) is 13.9. The van der Waals surface area contributed by atoms with Crippen molar-refractivity contribution in [1.82, 2.24) is 19.9 Å². The number of rotatable bonds is 4. The predicted octanol–water partition coefficient (Wildman–Crippen LogP) is 1.01. The first-order chi connectivity index (χ1) is 11.7. The maximum Gasteiger partial charge on any atom is 0.248 e. The molecular formula is C17H23N5O2. The number of aliphatic hydroxyl groups excluding tert-OH is 1. The van der Waals surface area contributed by atoms with Crippen molar-refractivity contribution in [3.63, 3.8) is 0 Å². The standard InChI is InChI=1S/C17H23N5O2/c1-2-22(17-14-3-4-18-16(14)19-10-20-17)13-5-11-7-21(15(24)9-23)8-12(11)6-13/h3-4,10-13,23H,2,5-9H2,1H3,(H,18,19,20). The molecule has 0 aromatic carbocycles. The summed E-state index contributed by atoms with van der Waals surface area (Å²) in [6.45, 7) is 4.25. The van der Waals surface area contributed by atoms with Crippen LogP contribution in [0.2, 0.25) is 0 Å². The Bertz CT molecular complexity index is 731. The third kappa shape index (κ3) is 2.43. The van der Waals surface area contributed by atoms with Crippen LogP contribution in [0.4, 0.5) is 5.82 Å². The van der Waals surface area contributed by atoms with Crippen molar-refractivity contribution in [3.8, 4) is 0 Å². The van der Waals surface area contributed by atoms with Crippen LogP contribution in [-0.2, 0) is 4.79 Å². The third-order valence-electron chi connectivity index (χ3n) is 5.60. The number of carbonyl (C=O) groups excluding carboxylic acids is 1. The van der Waals surface area contributed by atoms with E-state index in [2.05, 4.69) is 26.8 Å². The first kappa shape index (κ1) is 15.4. The highest BCUT2D eigenvalue weighted by molar-refractivity contribution is 5.87. The average molecular weight is 329 g/mol. The number of fused-ring (bicyclic) bond motifs is 2. The Morgan fingerprint density at radius 1 is 1.38 bits per heavy atom. The van der Waals surface area contributed by atoms with E-state index < -0.39 is 0 Å². The fraction of sp³-hybridized carbons (Fsp3) is 0.588. The number of hydrogen-bond acceptors (Lipinski definition) is 5. The van der Waals surface area contributed by atoms with Gasteiger partial charge in [0, 0.05) is 31.9 Å². The van der Waals surface area contributed by atoms with Crippen LogP contribution in [0, 0.1) is 11.8 Å². The van der Waals surface area contributed by atoms with Gasteiger partial charge in [-0.1, -0.05) is 0 Å². The number of likely N-dealkylation sites (tertiary alicyclic amines) is 1. The smallest absolute Gasteiger partial charge is 0.248 e. The molecule has 1 aliphatic carbocycles. The second kappa shape index (κ2) is 6.05. The van der Waals surface area contributed by atoms with Gasteiger partial charge >= 0.3 is 0 Å². The molecule has 2 aliphatic rings. The van der Waals surface area contributed by atoms with E-state index in [-0.39, 0.29) is 12.5 Å². The highest BCUT2D eigenvalue weighted by atomic mass is 16.3. The molecule has 24 heavy (non-hydrogen) atoms. The molecule has 2 aromatic heterocycles. The number of amides is 1. The molecule has 0 bridgehead atoms. The van der Waals surface area contributed by atoms with E-state index in [9.17, 15) is 4.79 Å². The van der Waals surface area contributed by atoms with E-state index in [0.717, 1.165) is 49.3 Å². The number of nitrogens with zero attached hydrogens (tertiary/aromatic N) is 4. The molecule has 7 heteroatoms. The van der Waals surface area contributed by atoms with Gasteiger partial charge in [0.15, 0.2) is 0 Å². The highest BCUT2D eigenvalue weighted by Crippen LogP contribution is 2.41. The number of aliphatic hydroxyl groups is 1. The number of H-pyrrole nitrogens is 1. The SMILES string of the molecule is CCN(c1ncnc2[nH]ccc12)C1CC2CN(C(=O)CO)CC2C1. The lowest BCUT2D eigenvalue weighted by Gasteiger charge is -2.30. The van der Waals surface area contributed by atoms with E-state index in [4.69, 9.17) is 5.11 Å². The van der Waals surface area contributed by atoms with Crippen LogP contribution >= 0.6 is 0 Å². The minimum Gasteiger partial charge on any atom is -0.387 e. The second-order valence-electron chi connectivity index (χ2n) is 6.83. The molecule has 2 aromatic rings. The molecular weight excluding hydrogens is 306 g/mol. The van der Waals surface area contributed by atoms with Crippen molar-refractivity contribution < 1.29 is 9.90 Å². The number of aromatic nitrogens is 3. The van der Waals surface area contributed by atoms with Crippen LogP contribution in [-0.4, -0.2) is 63.1 Å².